The van der Waals surface area contributed by atoms with E-state index in [0.29, 0.717) is 13.0 Å². The van der Waals surface area contributed by atoms with E-state index < -0.39 is 84.0 Å². The van der Waals surface area contributed by atoms with Gasteiger partial charge in [0, 0.05) is 61.5 Å². The zero-order valence-corrected chi connectivity index (χ0v) is 43.0. The van der Waals surface area contributed by atoms with Crippen molar-refractivity contribution >= 4 is 73.8 Å². The molecule has 0 bridgehead atoms. The van der Waals surface area contributed by atoms with E-state index in [-0.39, 0.29) is 70.3 Å². The van der Waals surface area contributed by atoms with Crippen LogP contribution >= 0.6 is 0 Å². The average molecular weight is 1000 g/mol. The van der Waals surface area contributed by atoms with Gasteiger partial charge in [0.2, 0.25) is 0 Å². The zero-order chi connectivity index (χ0) is 48.8. The number of nitrogen functional groups attached to an aromatic ring is 1. The Morgan fingerprint density at radius 3 is 2.29 bits per heavy atom. The number of hydrogen-bond acceptors (Lipinski definition) is 14. The van der Waals surface area contributed by atoms with Gasteiger partial charge in [-0.2, -0.15) is 13.5 Å². The summed E-state index contributed by atoms with van der Waals surface area (Å²) in [5, 5.41) is 26.0. The van der Waals surface area contributed by atoms with Crippen LogP contribution in [0.4, 0.5) is 10.5 Å². The largest absolute Gasteiger partial charge is 1.00 e. The predicted octanol–water partition coefficient (Wildman–Crippen LogP) is 3.49. The average Bonchev–Trinajstić information content (AvgIpc) is 3.60. The molecular formula is C45H53N6NaO13S2Si. The fourth-order valence-electron chi connectivity index (χ4n) is 7.61. The van der Waals surface area contributed by atoms with Crippen molar-refractivity contribution in [1.82, 2.24) is 20.3 Å². The molecular weight excluding hydrogens is 948 g/mol. The van der Waals surface area contributed by atoms with Gasteiger partial charge in [0.25, 0.3) is 16.0 Å². The summed E-state index contributed by atoms with van der Waals surface area (Å²) in [4.78, 5) is 42.2. The van der Waals surface area contributed by atoms with Crippen molar-refractivity contribution in [2.24, 2.45) is 0 Å². The Kier molecular flexibility index (Phi) is 17.8. The summed E-state index contributed by atoms with van der Waals surface area (Å²) in [6.07, 6.45) is 2.54. The Bertz CT molecular complexity index is 3100. The minimum atomic E-state index is -5.44. The van der Waals surface area contributed by atoms with Gasteiger partial charge in [0.1, 0.15) is 21.6 Å². The molecule has 0 spiro atoms. The SMILES string of the molecule is CN(OCc1cc2ccccc2n1CCCNCCCCCNC(=O)c1ccc(-c2c3ccc(=N)c(S(=O)(=O)[O-])c-3oc3c(S(=O)(=O)O)c(N)ccc23)c(C(=O)O)c1)C(=O)OCC[Si](C)(C)C.[Na+]. The summed E-state index contributed by atoms with van der Waals surface area (Å²) in [6, 6.07) is 19.2. The molecule has 68 heavy (non-hydrogen) atoms. The Labute approximate surface area is 416 Å². The van der Waals surface area contributed by atoms with E-state index in [1.807, 2.05) is 24.3 Å². The maximum atomic E-state index is 13.3. The number of aromatic carboxylic acids is 1. The van der Waals surface area contributed by atoms with Crippen LogP contribution in [0.2, 0.25) is 25.7 Å². The molecule has 23 heteroatoms. The van der Waals surface area contributed by atoms with Crippen LogP contribution in [0, 0.1) is 5.41 Å². The number of hydrogen-bond donors (Lipinski definition) is 6. The fraction of sp³-hybridized carbons (Fsp3) is 0.333. The Morgan fingerprint density at radius 1 is 0.912 bits per heavy atom. The molecule has 0 fully saturated rings. The number of amides is 2. The topological polar surface area (TPSA) is 297 Å². The number of anilines is 1. The number of nitrogens with zero attached hydrogens (tertiary/aromatic N) is 2. The number of para-hydroxylation sites is 1. The molecule has 7 N–H and O–H groups in total. The van der Waals surface area contributed by atoms with Crippen molar-refractivity contribution < 1.29 is 89.0 Å². The van der Waals surface area contributed by atoms with E-state index in [1.54, 1.807) is 7.05 Å². The molecule has 0 atom stereocenters. The van der Waals surface area contributed by atoms with Gasteiger partial charge in [-0.1, -0.05) is 50.3 Å². The molecule has 0 unspecified atom stereocenters. The number of fused-ring (bicyclic) bond motifs is 3. The van der Waals surface area contributed by atoms with E-state index in [0.717, 1.165) is 84.8 Å². The number of hydroxylamine groups is 2. The van der Waals surface area contributed by atoms with Gasteiger partial charge in [-0.25, -0.2) is 18.0 Å². The van der Waals surface area contributed by atoms with Gasteiger partial charge >= 0.3 is 41.6 Å². The quantitative estimate of drug-likeness (QED) is 0.0150. The molecule has 0 radical (unpaired) electrons. The van der Waals surface area contributed by atoms with Crippen LogP contribution < -0.4 is 51.3 Å². The zero-order valence-electron chi connectivity index (χ0n) is 38.4. The molecule has 0 saturated carbocycles. The number of nitrogens with one attached hydrogen (secondary N) is 3. The Hall–Kier alpha value is -5.14. The maximum absolute atomic E-state index is 13.3. The number of carboxylic acids is 1. The third-order valence-electron chi connectivity index (χ3n) is 11.0. The second kappa shape index (κ2) is 22.5. The molecule has 19 nitrogen and oxygen atoms in total. The number of rotatable bonds is 21. The van der Waals surface area contributed by atoms with Crippen LogP contribution in [-0.4, -0.2) is 100 Å². The molecule has 0 saturated heterocycles. The van der Waals surface area contributed by atoms with E-state index in [9.17, 15) is 45.4 Å². The van der Waals surface area contributed by atoms with Gasteiger partial charge in [0.15, 0.2) is 16.2 Å². The number of aryl methyl sites for hydroxylation is 1. The number of carboxylic acid groups (broad SMARTS) is 1. The van der Waals surface area contributed by atoms with E-state index >= 15 is 0 Å². The van der Waals surface area contributed by atoms with Gasteiger partial charge in [-0.3, -0.25) is 19.6 Å². The third kappa shape index (κ3) is 12.9. The monoisotopic (exact) mass is 1000 g/mol. The summed E-state index contributed by atoms with van der Waals surface area (Å²) in [7, 11) is -10.4. The van der Waals surface area contributed by atoms with Crippen LogP contribution in [0.3, 0.4) is 0 Å². The summed E-state index contributed by atoms with van der Waals surface area (Å²) in [5.41, 5.74) is 5.74. The molecule has 4 aromatic rings. The number of nitrogens with two attached hydrogens (primary N) is 1. The van der Waals surface area contributed by atoms with Crippen molar-refractivity contribution in [3.63, 3.8) is 0 Å². The second-order valence-electron chi connectivity index (χ2n) is 17.1. The Morgan fingerprint density at radius 2 is 1.60 bits per heavy atom. The second-order valence-corrected chi connectivity index (χ2v) is 25.4. The summed E-state index contributed by atoms with van der Waals surface area (Å²) in [6.45, 7) is 9.70. The molecule has 1 aliphatic carbocycles. The van der Waals surface area contributed by atoms with E-state index in [4.69, 9.17) is 25.1 Å². The minimum absolute atomic E-state index is 0. The molecule has 2 heterocycles. The van der Waals surface area contributed by atoms with Crippen LogP contribution in [0.1, 0.15) is 52.1 Å². The maximum Gasteiger partial charge on any atom is 1.00 e. The molecule has 2 amide bonds. The molecule has 3 aromatic carbocycles. The summed E-state index contributed by atoms with van der Waals surface area (Å²) >= 11 is 0. The van der Waals surface area contributed by atoms with Crippen molar-refractivity contribution in [1.29, 1.82) is 5.41 Å². The first-order valence-electron chi connectivity index (χ1n) is 21.3. The number of carbonyl (C=O) groups excluding carboxylic acids is 2. The number of aromatic nitrogens is 1. The Balaban J connectivity index is 0.00000864. The van der Waals surface area contributed by atoms with Crippen LogP contribution in [0.15, 0.2) is 87.0 Å². The van der Waals surface area contributed by atoms with Crippen molar-refractivity contribution in [3.8, 4) is 22.5 Å². The summed E-state index contributed by atoms with van der Waals surface area (Å²) < 4.78 is 85.4. The van der Waals surface area contributed by atoms with Crippen LogP contribution in [0.25, 0.3) is 44.3 Å². The van der Waals surface area contributed by atoms with Gasteiger partial charge in [0.05, 0.1) is 23.2 Å². The molecule has 1 aromatic heterocycles. The normalized spacial score (nSPS) is 12.0. The minimum Gasteiger partial charge on any atom is -0.744 e. The number of carbonyl (C=O) groups is 3. The molecule has 358 valence electrons. The van der Waals surface area contributed by atoms with Gasteiger partial charge in [-0.05, 0) is 97.9 Å². The first-order chi connectivity index (χ1) is 31.6. The van der Waals surface area contributed by atoms with Crippen molar-refractivity contribution in [3.05, 3.63) is 95.0 Å². The molecule has 2 aliphatic rings. The first-order valence-corrected chi connectivity index (χ1v) is 27.9. The molecule has 1 aliphatic heterocycles. The predicted molar refractivity (Wildman–Crippen MR) is 251 cm³/mol. The van der Waals surface area contributed by atoms with Crippen LogP contribution in [-0.2, 0) is 43.0 Å². The first kappa shape index (κ1) is 53.8. The fourth-order valence-corrected chi connectivity index (χ4v) is 9.80. The van der Waals surface area contributed by atoms with E-state index in [1.165, 1.54) is 24.3 Å². The number of unbranched alkanes of at least 4 members (excludes halogenated alkanes) is 2. The van der Waals surface area contributed by atoms with Crippen molar-refractivity contribution in [2.75, 3.05) is 39.0 Å². The van der Waals surface area contributed by atoms with Crippen molar-refractivity contribution in [2.45, 2.75) is 74.3 Å². The summed E-state index contributed by atoms with van der Waals surface area (Å²) in [5.74, 6) is -2.85. The smallest absolute Gasteiger partial charge is 0.744 e. The van der Waals surface area contributed by atoms with Gasteiger partial charge < -0.3 is 39.7 Å². The van der Waals surface area contributed by atoms with E-state index in [2.05, 4.69) is 40.9 Å². The third-order valence-corrected chi connectivity index (χ3v) is 14.5. The number of ether oxygens (including phenoxy) is 1. The van der Waals surface area contributed by atoms with Crippen LogP contribution in [0.5, 0.6) is 0 Å². The van der Waals surface area contributed by atoms with Gasteiger partial charge in [-0.15, -0.1) is 0 Å². The number of benzene rings is 4. The molecule has 6 rings (SSSR count). The standard InChI is InChI=1S/C45H54N6O13S2Si.Na/c1-50(45(55)62-23-24-67(2,3)4)63-27-30-25-28-11-6-7-12-37(28)51(30)22-10-20-48-19-8-5-9-21-49-43(52)29-13-14-31(34(26-29)44(53)54)38-32-15-17-35(46)41(65(56,57)58)39(32)64-40-33(38)16-18-36(47)42(40)66(59,60)61;/h6-7,11-18,25-26,46,48H,5,8-10,19-24,27,47H2,1-4H3,(H,49,52)(H,53,54)(H,56,57,58)(H,59,60,61);/q;+1/p-1.